The second-order valence-corrected chi connectivity index (χ2v) is 6.52. The lowest BCUT2D eigenvalue weighted by atomic mass is 10.00. The zero-order chi connectivity index (χ0) is 14.7. The maximum absolute atomic E-state index is 6.25. The highest BCUT2D eigenvalue weighted by Gasteiger charge is 2.09. The molecule has 1 N–H and O–H groups in total. The van der Waals surface area contributed by atoms with E-state index in [0.717, 1.165) is 21.6 Å². The number of nitrogens with one attached hydrogen (secondary N) is 1. The van der Waals surface area contributed by atoms with E-state index in [4.69, 9.17) is 11.6 Å². The summed E-state index contributed by atoms with van der Waals surface area (Å²) in [5, 5.41) is 4.34. The average molecular weight is 353 g/mol. The first-order valence-electron chi connectivity index (χ1n) is 6.72. The molecule has 0 saturated carbocycles. The standard InChI is InChI=1S/C17H19BrClN/c1-11-4-5-12(2)16(8-11)13(3)20-10-14-6-7-15(18)9-17(14)19/h4-9,13,20H,10H2,1-3H3. The summed E-state index contributed by atoms with van der Waals surface area (Å²) in [6, 6.07) is 12.9. The largest absolute Gasteiger partial charge is 0.306 e. The molecule has 0 aromatic heterocycles. The summed E-state index contributed by atoms with van der Waals surface area (Å²) in [5.41, 5.74) is 5.07. The highest BCUT2D eigenvalue weighted by Crippen LogP contribution is 2.23. The number of hydrogen-bond acceptors (Lipinski definition) is 1. The van der Waals surface area contributed by atoms with Gasteiger partial charge in [0.05, 0.1) is 0 Å². The van der Waals surface area contributed by atoms with Crippen molar-refractivity contribution < 1.29 is 0 Å². The van der Waals surface area contributed by atoms with E-state index >= 15 is 0 Å². The first-order chi connectivity index (χ1) is 9.47. The van der Waals surface area contributed by atoms with Crippen molar-refractivity contribution >= 4 is 27.5 Å². The first-order valence-corrected chi connectivity index (χ1v) is 7.89. The van der Waals surface area contributed by atoms with Crippen molar-refractivity contribution in [3.8, 4) is 0 Å². The maximum atomic E-state index is 6.25. The number of benzene rings is 2. The predicted octanol–water partition coefficient (Wildman–Crippen LogP) is 5.57. The molecule has 2 aromatic rings. The molecule has 1 unspecified atom stereocenters. The average Bonchev–Trinajstić information content (AvgIpc) is 2.40. The van der Waals surface area contributed by atoms with Crippen LogP contribution in [0.5, 0.6) is 0 Å². The molecule has 0 aliphatic rings. The van der Waals surface area contributed by atoms with Crippen LogP contribution in [0.2, 0.25) is 5.02 Å². The van der Waals surface area contributed by atoms with Gasteiger partial charge in [-0.05, 0) is 49.6 Å². The van der Waals surface area contributed by atoms with Gasteiger partial charge in [-0.2, -0.15) is 0 Å². The number of rotatable bonds is 4. The molecular weight excluding hydrogens is 334 g/mol. The molecule has 20 heavy (non-hydrogen) atoms. The molecule has 0 fully saturated rings. The lowest BCUT2D eigenvalue weighted by Crippen LogP contribution is -2.19. The van der Waals surface area contributed by atoms with Gasteiger partial charge in [0.15, 0.2) is 0 Å². The molecule has 0 aliphatic carbocycles. The summed E-state index contributed by atoms with van der Waals surface area (Å²) in [6.45, 7) is 7.23. The van der Waals surface area contributed by atoms with Gasteiger partial charge >= 0.3 is 0 Å². The molecule has 1 atom stereocenters. The Morgan fingerprint density at radius 3 is 2.60 bits per heavy atom. The molecule has 106 valence electrons. The quantitative estimate of drug-likeness (QED) is 0.758. The highest BCUT2D eigenvalue weighted by molar-refractivity contribution is 9.10. The van der Waals surface area contributed by atoms with Gasteiger partial charge in [-0.25, -0.2) is 0 Å². The van der Waals surface area contributed by atoms with Gasteiger partial charge in [-0.1, -0.05) is 57.4 Å². The monoisotopic (exact) mass is 351 g/mol. The lowest BCUT2D eigenvalue weighted by molar-refractivity contribution is 0.572. The van der Waals surface area contributed by atoms with Gasteiger partial charge in [0.1, 0.15) is 0 Å². The molecule has 2 rings (SSSR count). The summed E-state index contributed by atoms with van der Waals surface area (Å²) in [4.78, 5) is 0. The molecule has 2 aromatic carbocycles. The van der Waals surface area contributed by atoms with Crippen molar-refractivity contribution in [3.05, 3.63) is 68.1 Å². The van der Waals surface area contributed by atoms with Crippen LogP contribution >= 0.6 is 27.5 Å². The van der Waals surface area contributed by atoms with E-state index in [1.807, 2.05) is 12.1 Å². The Morgan fingerprint density at radius 2 is 1.90 bits per heavy atom. The third kappa shape index (κ3) is 3.85. The van der Waals surface area contributed by atoms with E-state index in [2.05, 4.69) is 66.3 Å². The van der Waals surface area contributed by atoms with E-state index in [1.54, 1.807) is 0 Å². The molecule has 3 heteroatoms. The maximum Gasteiger partial charge on any atom is 0.0462 e. The fourth-order valence-electron chi connectivity index (χ4n) is 2.26. The van der Waals surface area contributed by atoms with Gasteiger partial charge in [0.2, 0.25) is 0 Å². The Morgan fingerprint density at radius 1 is 1.15 bits per heavy atom. The smallest absolute Gasteiger partial charge is 0.0462 e. The van der Waals surface area contributed by atoms with Crippen LogP contribution in [-0.4, -0.2) is 0 Å². The minimum atomic E-state index is 0.301. The second-order valence-electron chi connectivity index (χ2n) is 5.20. The normalized spacial score (nSPS) is 12.4. The molecular formula is C17H19BrClN. The minimum Gasteiger partial charge on any atom is -0.306 e. The first kappa shape index (κ1) is 15.6. The highest BCUT2D eigenvalue weighted by atomic mass is 79.9. The van der Waals surface area contributed by atoms with Crippen LogP contribution in [0.1, 0.15) is 35.2 Å². The van der Waals surface area contributed by atoms with Crippen molar-refractivity contribution in [1.82, 2.24) is 5.32 Å². The van der Waals surface area contributed by atoms with E-state index in [1.165, 1.54) is 16.7 Å². The zero-order valence-electron chi connectivity index (χ0n) is 12.0. The van der Waals surface area contributed by atoms with Crippen LogP contribution < -0.4 is 5.32 Å². The lowest BCUT2D eigenvalue weighted by Gasteiger charge is -2.18. The van der Waals surface area contributed by atoms with Crippen molar-refractivity contribution in [3.63, 3.8) is 0 Å². The van der Waals surface area contributed by atoms with Gasteiger partial charge in [0, 0.05) is 22.1 Å². The zero-order valence-corrected chi connectivity index (χ0v) is 14.3. The topological polar surface area (TPSA) is 12.0 Å². The summed E-state index contributed by atoms with van der Waals surface area (Å²) in [6.07, 6.45) is 0. The summed E-state index contributed by atoms with van der Waals surface area (Å²) >= 11 is 9.67. The number of halogens is 2. The Bertz CT molecular complexity index is 610. The summed E-state index contributed by atoms with van der Waals surface area (Å²) < 4.78 is 1.01. The van der Waals surface area contributed by atoms with Gasteiger partial charge in [0.25, 0.3) is 0 Å². The van der Waals surface area contributed by atoms with Gasteiger partial charge in [-0.3, -0.25) is 0 Å². The Labute approximate surface area is 134 Å². The SMILES string of the molecule is Cc1ccc(C)c(C(C)NCc2ccc(Br)cc2Cl)c1. The van der Waals surface area contributed by atoms with Crippen LogP contribution in [0, 0.1) is 13.8 Å². The predicted molar refractivity (Wildman–Crippen MR) is 90.3 cm³/mol. The van der Waals surface area contributed by atoms with Crippen molar-refractivity contribution in [2.24, 2.45) is 0 Å². The fourth-order valence-corrected chi connectivity index (χ4v) is 3.00. The molecule has 1 nitrogen and oxygen atoms in total. The van der Waals surface area contributed by atoms with Crippen molar-refractivity contribution in [2.45, 2.75) is 33.4 Å². The molecule has 0 bridgehead atoms. The summed E-state index contributed by atoms with van der Waals surface area (Å²) in [5.74, 6) is 0. The molecule has 0 heterocycles. The van der Waals surface area contributed by atoms with E-state index in [0.29, 0.717) is 6.04 Å². The van der Waals surface area contributed by atoms with Crippen LogP contribution in [0.25, 0.3) is 0 Å². The van der Waals surface area contributed by atoms with Crippen LogP contribution in [-0.2, 0) is 6.54 Å². The van der Waals surface area contributed by atoms with Gasteiger partial charge in [-0.15, -0.1) is 0 Å². The van der Waals surface area contributed by atoms with E-state index < -0.39 is 0 Å². The Kier molecular flexibility index (Phi) is 5.25. The van der Waals surface area contributed by atoms with Crippen LogP contribution in [0.15, 0.2) is 40.9 Å². The molecule has 0 radical (unpaired) electrons. The molecule has 0 aliphatic heterocycles. The van der Waals surface area contributed by atoms with Crippen molar-refractivity contribution in [1.29, 1.82) is 0 Å². The third-order valence-corrected chi connectivity index (χ3v) is 4.36. The van der Waals surface area contributed by atoms with Crippen molar-refractivity contribution in [2.75, 3.05) is 0 Å². The Balaban J connectivity index is 2.08. The minimum absolute atomic E-state index is 0.301. The van der Waals surface area contributed by atoms with E-state index in [-0.39, 0.29) is 0 Å². The number of aryl methyl sites for hydroxylation is 2. The van der Waals surface area contributed by atoms with Crippen LogP contribution in [0.4, 0.5) is 0 Å². The number of hydrogen-bond donors (Lipinski definition) is 1. The second kappa shape index (κ2) is 6.75. The van der Waals surface area contributed by atoms with Crippen LogP contribution in [0.3, 0.4) is 0 Å². The summed E-state index contributed by atoms with van der Waals surface area (Å²) in [7, 11) is 0. The fraction of sp³-hybridized carbons (Fsp3) is 0.294. The van der Waals surface area contributed by atoms with E-state index in [9.17, 15) is 0 Å². The molecule has 0 saturated heterocycles. The van der Waals surface area contributed by atoms with Gasteiger partial charge < -0.3 is 5.32 Å². The third-order valence-electron chi connectivity index (χ3n) is 3.52. The molecule has 0 amide bonds. The Hall–Kier alpha value is -0.830. The molecule has 0 spiro atoms.